The Morgan fingerprint density at radius 1 is 0.561 bits per heavy atom. The summed E-state index contributed by atoms with van der Waals surface area (Å²) in [6.45, 7) is 4.83. The molecule has 5 aromatic carbocycles. The molecule has 0 N–H and O–H groups in total. The zero-order valence-electron chi connectivity index (χ0n) is 22.6. The maximum atomic E-state index is 6.67. The van der Waals surface area contributed by atoms with Crippen LogP contribution in [0.25, 0.3) is 61.4 Å². The second-order valence-corrected chi connectivity index (χ2v) is 15.7. The van der Waals surface area contributed by atoms with Gasteiger partial charge in [0.2, 0.25) is 5.28 Å². The quantitative estimate of drug-likeness (QED) is 0.206. The maximum absolute atomic E-state index is 6.67. The number of nitrogens with zero attached hydrogens (tertiary/aromatic N) is 4. The van der Waals surface area contributed by atoms with E-state index in [0.717, 1.165) is 38.6 Å². The summed E-state index contributed by atoms with van der Waals surface area (Å²) in [5.41, 5.74) is 7.77. The van der Waals surface area contributed by atoms with Crippen LogP contribution in [0.4, 0.5) is 0 Å². The SMILES string of the molecule is C[Si]1(C)c2ccccc2-c2c(-c3nc(Cl)nc(-c4cccc5c4c4ccccc4n5-c4ccccc4)n3)cccc21. The van der Waals surface area contributed by atoms with E-state index >= 15 is 0 Å². The van der Waals surface area contributed by atoms with E-state index in [1.807, 2.05) is 6.07 Å². The van der Waals surface area contributed by atoms with Crippen LogP contribution < -0.4 is 10.4 Å². The van der Waals surface area contributed by atoms with E-state index < -0.39 is 8.07 Å². The Morgan fingerprint density at radius 2 is 1.17 bits per heavy atom. The highest BCUT2D eigenvalue weighted by molar-refractivity contribution is 7.04. The summed E-state index contributed by atoms with van der Waals surface area (Å²) in [5.74, 6) is 1.17. The van der Waals surface area contributed by atoms with Crippen LogP contribution in [-0.4, -0.2) is 27.6 Å². The molecule has 4 nitrogen and oxygen atoms in total. The van der Waals surface area contributed by atoms with Gasteiger partial charge in [-0.25, -0.2) is 4.98 Å². The van der Waals surface area contributed by atoms with Gasteiger partial charge in [0, 0.05) is 27.6 Å². The van der Waals surface area contributed by atoms with Gasteiger partial charge >= 0.3 is 0 Å². The lowest BCUT2D eigenvalue weighted by Gasteiger charge is -2.18. The van der Waals surface area contributed by atoms with E-state index in [9.17, 15) is 0 Å². The molecule has 8 rings (SSSR count). The molecule has 1 aliphatic heterocycles. The highest BCUT2D eigenvalue weighted by Crippen LogP contribution is 2.39. The van der Waals surface area contributed by atoms with Crippen molar-refractivity contribution in [1.29, 1.82) is 0 Å². The van der Waals surface area contributed by atoms with Crippen LogP contribution in [0.15, 0.2) is 115 Å². The van der Waals surface area contributed by atoms with Crippen molar-refractivity contribution in [2.24, 2.45) is 0 Å². The summed E-state index contributed by atoms with van der Waals surface area (Å²) in [5, 5.41) is 5.28. The molecule has 41 heavy (non-hydrogen) atoms. The third kappa shape index (κ3) is 3.56. The van der Waals surface area contributed by atoms with Gasteiger partial charge in [-0.1, -0.05) is 104 Å². The highest BCUT2D eigenvalue weighted by Gasteiger charge is 2.38. The zero-order valence-corrected chi connectivity index (χ0v) is 24.4. The van der Waals surface area contributed by atoms with Gasteiger partial charge in [-0.3, -0.25) is 0 Å². The Hall–Kier alpha value is -4.58. The van der Waals surface area contributed by atoms with Crippen molar-refractivity contribution >= 4 is 51.9 Å². The minimum atomic E-state index is -1.84. The summed E-state index contributed by atoms with van der Waals surface area (Å²) < 4.78 is 2.30. The van der Waals surface area contributed by atoms with Gasteiger partial charge in [-0.05, 0) is 57.4 Å². The molecule has 0 radical (unpaired) electrons. The molecule has 0 unspecified atom stereocenters. The Balaban J connectivity index is 1.39. The van der Waals surface area contributed by atoms with Crippen molar-refractivity contribution in [3.63, 3.8) is 0 Å². The van der Waals surface area contributed by atoms with Crippen molar-refractivity contribution in [3.8, 4) is 39.6 Å². The number of benzene rings is 5. The second kappa shape index (κ2) is 8.96. The molecule has 2 aromatic heterocycles. The first kappa shape index (κ1) is 24.2. The predicted octanol–water partition coefficient (Wildman–Crippen LogP) is 7.76. The molecule has 0 saturated carbocycles. The number of para-hydroxylation sites is 2. The molecule has 196 valence electrons. The first-order valence-electron chi connectivity index (χ1n) is 13.8. The number of hydrogen-bond acceptors (Lipinski definition) is 3. The maximum Gasteiger partial charge on any atom is 0.226 e. The molecule has 0 saturated heterocycles. The minimum Gasteiger partial charge on any atom is -0.309 e. The molecule has 0 amide bonds. The van der Waals surface area contributed by atoms with Gasteiger partial charge in [0.05, 0.1) is 11.0 Å². The van der Waals surface area contributed by atoms with E-state index in [1.165, 1.54) is 21.5 Å². The molecular weight excluding hydrogens is 540 g/mol. The molecule has 6 heteroatoms. The average Bonchev–Trinajstić information content (AvgIpc) is 3.47. The van der Waals surface area contributed by atoms with Gasteiger partial charge in [0.1, 0.15) is 8.07 Å². The average molecular weight is 565 g/mol. The third-order valence-corrected chi connectivity index (χ3v) is 12.1. The number of fused-ring (bicyclic) bond motifs is 6. The van der Waals surface area contributed by atoms with Gasteiger partial charge in [0.15, 0.2) is 11.6 Å². The van der Waals surface area contributed by atoms with E-state index in [-0.39, 0.29) is 5.28 Å². The van der Waals surface area contributed by atoms with Crippen molar-refractivity contribution in [1.82, 2.24) is 19.5 Å². The standard InChI is InChI=1S/C35H25ClN4Si/c1-41(2)29-20-9-7-15-24(29)32-26(17-11-21-30(32)41)34-37-33(38-35(36)39-34)25-16-10-19-28-31(25)23-14-6-8-18-27(23)40(28)22-12-4-3-5-13-22/h3-21H,1-2H3. The fourth-order valence-corrected chi connectivity index (χ4v) is 9.84. The summed E-state index contributed by atoms with van der Waals surface area (Å²) in [6, 6.07) is 40.5. The molecule has 0 aliphatic carbocycles. The van der Waals surface area contributed by atoms with Gasteiger partial charge in [-0.15, -0.1) is 0 Å². The van der Waals surface area contributed by atoms with Gasteiger partial charge in [0.25, 0.3) is 0 Å². The topological polar surface area (TPSA) is 43.6 Å². The first-order valence-corrected chi connectivity index (χ1v) is 17.1. The van der Waals surface area contributed by atoms with Crippen LogP contribution in [0.1, 0.15) is 0 Å². The lowest BCUT2D eigenvalue weighted by Crippen LogP contribution is -2.49. The second-order valence-electron chi connectivity index (χ2n) is 11.0. The fourth-order valence-electron chi connectivity index (χ4n) is 6.59. The van der Waals surface area contributed by atoms with Crippen LogP contribution in [-0.2, 0) is 0 Å². The van der Waals surface area contributed by atoms with E-state index in [2.05, 4.69) is 137 Å². The normalized spacial score (nSPS) is 13.4. The van der Waals surface area contributed by atoms with Gasteiger partial charge in [-0.2, -0.15) is 9.97 Å². The Labute approximate surface area is 244 Å². The monoisotopic (exact) mass is 564 g/mol. The molecule has 7 aromatic rings. The molecular formula is C35H25ClN4Si. The Morgan fingerprint density at radius 3 is 2.02 bits per heavy atom. The van der Waals surface area contributed by atoms with E-state index in [0.29, 0.717) is 11.6 Å². The molecule has 0 bridgehead atoms. The van der Waals surface area contributed by atoms with E-state index in [1.54, 1.807) is 0 Å². The third-order valence-electron chi connectivity index (χ3n) is 8.41. The molecule has 3 heterocycles. The van der Waals surface area contributed by atoms with Crippen LogP contribution in [0.2, 0.25) is 18.4 Å². The number of halogens is 1. The number of hydrogen-bond donors (Lipinski definition) is 0. The number of aromatic nitrogens is 4. The molecule has 0 spiro atoms. The molecule has 0 fully saturated rings. The lowest BCUT2D eigenvalue weighted by molar-refractivity contribution is 1.07. The zero-order chi connectivity index (χ0) is 27.7. The minimum absolute atomic E-state index is 0.189. The Kier molecular flexibility index (Phi) is 5.30. The van der Waals surface area contributed by atoms with Crippen LogP contribution in [0.3, 0.4) is 0 Å². The van der Waals surface area contributed by atoms with Crippen molar-refractivity contribution in [2.45, 2.75) is 13.1 Å². The number of rotatable bonds is 3. The Bertz CT molecular complexity index is 2150. The lowest BCUT2D eigenvalue weighted by atomic mass is 9.99. The summed E-state index contributed by atoms with van der Waals surface area (Å²) >= 11 is 6.67. The molecule has 1 aliphatic rings. The summed E-state index contributed by atoms with van der Waals surface area (Å²) in [7, 11) is -1.84. The van der Waals surface area contributed by atoms with Crippen LogP contribution in [0, 0.1) is 0 Å². The summed E-state index contributed by atoms with van der Waals surface area (Å²) in [6.07, 6.45) is 0. The first-order chi connectivity index (χ1) is 20.0. The van der Waals surface area contributed by atoms with E-state index in [4.69, 9.17) is 16.6 Å². The fraction of sp³-hybridized carbons (Fsp3) is 0.0571. The van der Waals surface area contributed by atoms with Crippen molar-refractivity contribution < 1.29 is 0 Å². The smallest absolute Gasteiger partial charge is 0.226 e. The van der Waals surface area contributed by atoms with Gasteiger partial charge < -0.3 is 4.57 Å². The predicted molar refractivity (Wildman–Crippen MR) is 172 cm³/mol. The molecule has 0 atom stereocenters. The van der Waals surface area contributed by atoms with Crippen molar-refractivity contribution in [2.75, 3.05) is 0 Å². The van der Waals surface area contributed by atoms with Crippen LogP contribution >= 0.6 is 11.6 Å². The van der Waals surface area contributed by atoms with Crippen molar-refractivity contribution in [3.05, 3.63) is 121 Å². The van der Waals surface area contributed by atoms with Crippen LogP contribution in [0.5, 0.6) is 0 Å². The summed E-state index contributed by atoms with van der Waals surface area (Å²) in [4.78, 5) is 14.5. The highest BCUT2D eigenvalue weighted by atomic mass is 35.5. The largest absolute Gasteiger partial charge is 0.309 e.